The van der Waals surface area contributed by atoms with Gasteiger partial charge in [-0.3, -0.25) is 4.31 Å². The first-order valence-electron chi connectivity index (χ1n) is 5.39. The highest BCUT2D eigenvalue weighted by Crippen LogP contribution is 2.23. The van der Waals surface area contributed by atoms with Gasteiger partial charge in [-0.15, -0.1) is 0 Å². The standard InChI is InChI=1S/C11H18N2O3S/c1-3-13(17(14,15)8-7-12)10-5-4-6-11(9-10)16-2/h4-6,9H,3,7-8,12H2,1-2H3. The second-order valence-corrected chi connectivity index (χ2v) is 5.48. The molecule has 0 aliphatic carbocycles. The first-order chi connectivity index (χ1) is 8.05. The van der Waals surface area contributed by atoms with Crippen LogP contribution in [0.25, 0.3) is 0 Å². The molecule has 0 saturated heterocycles. The average molecular weight is 258 g/mol. The summed E-state index contributed by atoms with van der Waals surface area (Å²) in [5.41, 5.74) is 5.91. The Morgan fingerprint density at radius 2 is 2.12 bits per heavy atom. The van der Waals surface area contributed by atoms with Gasteiger partial charge in [0.1, 0.15) is 5.75 Å². The van der Waals surface area contributed by atoms with E-state index in [1.807, 2.05) is 0 Å². The van der Waals surface area contributed by atoms with Gasteiger partial charge in [-0.25, -0.2) is 8.42 Å². The van der Waals surface area contributed by atoms with E-state index in [1.54, 1.807) is 38.3 Å². The third-order valence-corrected chi connectivity index (χ3v) is 4.23. The average Bonchev–Trinajstić information content (AvgIpc) is 2.29. The number of rotatable bonds is 6. The van der Waals surface area contributed by atoms with Crippen LogP contribution in [0.3, 0.4) is 0 Å². The fourth-order valence-corrected chi connectivity index (χ4v) is 2.91. The summed E-state index contributed by atoms with van der Waals surface area (Å²) in [5.74, 6) is 0.571. The van der Waals surface area contributed by atoms with Gasteiger partial charge < -0.3 is 10.5 Å². The van der Waals surface area contributed by atoms with Crippen molar-refractivity contribution in [2.45, 2.75) is 6.92 Å². The van der Waals surface area contributed by atoms with Crippen LogP contribution in [-0.4, -0.2) is 34.4 Å². The molecule has 96 valence electrons. The summed E-state index contributed by atoms with van der Waals surface area (Å²) in [6.07, 6.45) is 0. The Labute approximate surface area is 102 Å². The summed E-state index contributed by atoms with van der Waals surface area (Å²) in [6, 6.07) is 6.96. The third kappa shape index (κ3) is 3.34. The number of nitrogens with zero attached hydrogens (tertiary/aromatic N) is 1. The van der Waals surface area contributed by atoms with Crippen molar-refractivity contribution in [3.63, 3.8) is 0 Å². The fourth-order valence-electron chi connectivity index (χ4n) is 1.56. The molecular weight excluding hydrogens is 240 g/mol. The van der Waals surface area contributed by atoms with E-state index >= 15 is 0 Å². The van der Waals surface area contributed by atoms with E-state index in [2.05, 4.69) is 0 Å². The lowest BCUT2D eigenvalue weighted by Gasteiger charge is -2.22. The van der Waals surface area contributed by atoms with Gasteiger partial charge in [0, 0.05) is 19.2 Å². The number of anilines is 1. The first kappa shape index (κ1) is 13.8. The predicted molar refractivity (Wildman–Crippen MR) is 68.9 cm³/mol. The second kappa shape index (κ2) is 5.88. The third-order valence-electron chi connectivity index (χ3n) is 2.34. The molecule has 0 radical (unpaired) electrons. The Bertz CT molecular complexity index is 460. The number of benzene rings is 1. The van der Waals surface area contributed by atoms with Gasteiger partial charge in [-0.1, -0.05) is 6.07 Å². The minimum absolute atomic E-state index is 0.0575. The fraction of sp³-hybridized carbons (Fsp3) is 0.455. The molecule has 0 saturated carbocycles. The number of sulfonamides is 1. The van der Waals surface area contributed by atoms with Crippen LogP contribution in [0.1, 0.15) is 6.92 Å². The van der Waals surface area contributed by atoms with Gasteiger partial charge in [-0.05, 0) is 19.1 Å². The molecule has 0 aromatic heterocycles. The molecule has 0 heterocycles. The molecule has 6 heteroatoms. The number of nitrogens with two attached hydrogens (primary N) is 1. The van der Waals surface area contributed by atoms with Crippen molar-refractivity contribution >= 4 is 15.7 Å². The zero-order valence-corrected chi connectivity index (χ0v) is 10.9. The molecule has 0 fully saturated rings. The summed E-state index contributed by atoms with van der Waals surface area (Å²) in [5, 5.41) is 0. The van der Waals surface area contributed by atoms with Gasteiger partial charge in [0.25, 0.3) is 0 Å². The molecule has 0 atom stereocenters. The lowest BCUT2D eigenvalue weighted by Crippen LogP contribution is -2.35. The molecule has 1 rings (SSSR count). The Balaban J connectivity index is 3.09. The molecular formula is C11H18N2O3S. The normalized spacial score (nSPS) is 11.2. The van der Waals surface area contributed by atoms with Gasteiger partial charge in [-0.2, -0.15) is 0 Å². The molecule has 0 unspecified atom stereocenters. The van der Waals surface area contributed by atoms with Crippen LogP contribution in [0.5, 0.6) is 5.75 Å². The molecule has 0 amide bonds. The van der Waals surface area contributed by atoms with E-state index in [0.29, 0.717) is 18.0 Å². The molecule has 0 bridgehead atoms. The zero-order valence-electron chi connectivity index (χ0n) is 10.1. The maximum absolute atomic E-state index is 12.0. The van der Waals surface area contributed by atoms with Crippen LogP contribution in [0, 0.1) is 0 Å². The highest BCUT2D eigenvalue weighted by atomic mass is 32.2. The second-order valence-electron chi connectivity index (χ2n) is 3.47. The summed E-state index contributed by atoms with van der Waals surface area (Å²) in [6.45, 7) is 2.27. The Kier molecular flexibility index (Phi) is 4.77. The van der Waals surface area contributed by atoms with Crippen LogP contribution in [-0.2, 0) is 10.0 Å². The summed E-state index contributed by atoms with van der Waals surface area (Å²) in [7, 11) is -1.80. The van der Waals surface area contributed by atoms with Crippen LogP contribution in [0.2, 0.25) is 0 Å². The summed E-state index contributed by atoms with van der Waals surface area (Å²) >= 11 is 0. The highest BCUT2D eigenvalue weighted by molar-refractivity contribution is 7.92. The van der Waals surface area contributed by atoms with Crippen LogP contribution < -0.4 is 14.8 Å². The van der Waals surface area contributed by atoms with Crippen molar-refractivity contribution in [3.8, 4) is 5.75 Å². The van der Waals surface area contributed by atoms with E-state index in [4.69, 9.17) is 10.5 Å². The van der Waals surface area contributed by atoms with Gasteiger partial charge in [0.05, 0.1) is 18.6 Å². The zero-order chi connectivity index (χ0) is 12.9. The highest BCUT2D eigenvalue weighted by Gasteiger charge is 2.20. The molecule has 5 nitrogen and oxygen atoms in total. The predicted octanol–water partition coefficient (Wildman–Crippen LogP) is 0.810. The SMILES string of the molecule is CCN(c1cccc(OC)c1)S(=O)(=O)CCN. The lowest BCUT2D eigenvalue weighted by atomic mass is 10.3. The topological polar surface area (TPSA) is 72.6 Å². The number of ether oxygens (including phenoxy) is 1. The van der Waals surface area contributed by atoms with Crippen LogP contribution >= 0.6 is 0 Å². The monoisotopic (exact) mass is 258 g/mol. The van der Waals surface area contributed by atoms with E-state index in [0.717, 1.165) is 0 Å². The Morgan fingerprint density at radius 3 is 2.65 bits per heavy atom. The van der Waals surface area contributed by atoms with Crippen LogP contribution in [0.15, 0.2) is 24.3 Å². The van der Waals surface area contributed by atoms with Gasteiger partial charge in [0.2, 0.25) is 10.0 Å². The van der Waals surface area contributed by atoms with Gasteiger partial charge >= 0.3 is 0 Å². The number of methoxy groups -OCH3 is 1. The molecule has 17 heavy (non-hydrogen) atoms. The summed E-state index contributed by atoms with van der Waals surface area (Å²) in [4.78, 5) is 0. The molecule has 0 aliphatic rings. The minimum Gasteiger partial charge on any atom is -0.497 e. The number of hydrogen-bond donors (Lipinski definition) is 1. The van der Waals surface area contributed by atoms with Crippen LogP contribution in [0.4, 0.5) is 5.69 Å². The van der Waals surface area contributed by atoms with E-state index in [1.165, 1.54) is 4.31 Å². The van der Waals surface area contributed by atoms with E-state index in [9.17, 15) is 8.42 Å². The van der Waals surface area contributed by atoms with Crippen molar-refractivity contribution in [2.75, 3.05) is 30.3 Å². The van der Waals surface area contributed by atoms with Crippen molar-refractivity contribution in [1.82, 2.24) is 0 Å². The molecule has 0 spiro atoms. The smallest absolute Gasteiger partial charge is 0.236 e. The van der Waals surface area contributed by atoms with Crippen molar-refractivity contribution in [1.29, 1.82) is 0 Å². The van der Waals surface area contributed by atoms with E-state index < -0.39 is 10.0 Å². The lowest BCUT2D eigenvalue weighted by molar-refractivity contribution is 0.415. The molecule has 0 aliphatic heterocycles. The molecule has 1 aromatic carbocycles. The molecule has 1 aromatic rings. The van der Waals surface area contributed by atoms with Crippen molar-refractivity contribution in [3.05, 3.63) is 24.3 Å². The first-order valence-corrected chi connectivity index (χ1v) is 7.00. The largest absolute Gasteiger partial charge is 0.497 e. The van der Waals surface area contributed by atoms with E-state index in [-0.39, 0.29) is 12.3 Å². The Hall–Kier alpha value is -1.27. The Morgan fingerprint density at radius 1 is 1.41 bits per heavy atom. The minimum atomic E-state index is -3.35. The van der Waals surface area contributed by atoms with Crippen molar-refractivity contribution < 1.29 is 13.2 Å². The maximum Gasteiger partial charge on any atom is 0.236 e. The summed E-state index contributed by atoms with van der Waals surface area (Å²) < 4.78 is 30.3. The maximum atomic E-state index is 12.0. The van der Waals surface area contributed by atoms with Crippen molar-refractivity contribution in [2.24, 2.45) is 5.73 Å². The quantitative estimate of drug-likeness (QED) is 0.819. The van der Waals surface area contributed by atoms with Gasteiger partial charge in [0.15, 0.2) is 0 Å². The number of hydrogen-bond acceptors (Lipinski definition) is 4. The molecule has 2 N–H and O–H groups in total.